The summed E-state index contributed by atoms with van der Waals surface area (Å²) in [6.07, 6.45) is 0.688. The number of rotatable bonds is 6. The highest BCUT2D eigenvalue weighted by Crippen LogP contribution is 2.22. The van der Waals surface area contributed by atoms with Crippen molar-refractivity contribution in [1.29, 1.82) is 0 Å². The van der Waals surface area contributed by atoms with Gasteiger partial charge in [0.1, 0.15) is 11.4 Å². The lowest BCUT2D eigenvalue weighted by atomic mass is 10.1. The Bertz CT molecular complexity index is 451. The van der Waals surface area contributed by atoms with E-state index in [2.05, 4.69) is 10.6 Å². The zero-order valence-corrected chi connectivity index (χ0v) is 13.3. The quantitative estimate of drug-likeness (QED) is 0.754. The maximum Gasteiger partial charge on any atom is 0.315 e. The number of benzene rings is 1. The molecule has 0 radical (unpaired) electrons. The third kappa shape index (κ3) is 6.49. The lowest BCUT2D eigenvalue weighted by molar-refractivity contribution is 0.129. The van der Waals surface area contributed by atoms with Crippen molar-refractivity contribution < 1.29 is 14.6 Å². The highest BCUT2D eigenvalue weighted by atomic mass is 16.5. The maximum absolute atomic E-state index is 11.8. The van der Waals surface area contributed by atoms with Crippen LogP contribution in [0.25, 0.3) is 0 Å². The lowest BCUT2D eigenvalue weighted by Crippen LogP contribution is -2.43. The first-order valence-electron chi connectivity index (χ1n) is 7.28. The van der Waals surface area contributed by atoms with E-state index in [1.165, 1.54) is 0 Å². The summed E-state index contributed by atoms with van der Waals surface area (Å²) in [6, 6.07) is 7.12. The van der Waals surface area contributed by atoms with E-state index in [9.17, 15) is 4.79 Å². The van der Waals surface area contributed by atoms with E-state index in [0.717, 1.165) is 11.3 Å². The van der Waals surface area contributed by atoms with Crippen molar-refractivity contribution in [2.24, 2.45) is 0 Å². The second kappa shape index (κ2) is 7.88. The minimum absolute atomic E-state index is 0.0619. The molecule has 0 saturated carbocycles. The third-order valence-corrected chi connectivity index (χ3v) is 2.88. The smallest absolute Gasteiger partial charge is 0.315 e. The minimum atomic E-state index is -0.290. The fraction of sp³-hybridized carbons (Fsp3) is 0.562. The summed E-state index contributed by atoms with van der Waals surface area (Å²) in [5.74, 6) is 0.763. The van der Waals surface area contributed by atoms with Gasteiger partial charge in [-0.05, 0) is 33.3 Å². The number of para-hydroxylation sites is 1. The van der Waals surface area contributed by atoms with Crippen molar-refractivity contribution >= 4 is 6.03 Å². The fourth-order valence-corrected chi connectivity index (χ4v) is 1.77. The molecule has 1 rings (SSSR count). The average Bonchev–Trinajstić information content (AvgIpc) is 2.42. The van der Waals surface area contributed by atoms with Crippen molar-refractivity contribution in [1.82, 2.24) is 10.6 Å². The van der Waals surface area contributed by atoms with Gasteiger partial charge in [0.15, 0.2) is 0 Å². The molecule has 0 aliphatic heterocycles. The van der Waals surface area contributed by atoms with Crippen LogP contribution >= 0.6 is 0 Å². The van der Waals surface area contributed by atoms with Crippen LogP contribution in [0.4, 0.5) is 4.79 Å². The van der Waals surface area contributed by atoms with Gasteiger partial charge < -0.3 is 20.5 Å². The topological polar surface area (TPSA) is 70.6 Å². The molecule has 5 heteroatoms. The lowest BCUT2D eigenvalue weighted by Gasteiger charge is -2.23. The first-order valence-corrected chi connectivity index (χ1v) is 7.28. The van der Waals surface area contributed by atoms with Gasteiger partial charge in [-0.1, -0.05) is 25.1 Å². The van der Waals surface area contributed by atoms with E-state index in [4.69, 9.17) is 9.84 Å². The number of carbonyl (C=O) groups excluding carboxylic acids is 1. The van der Waals surface area contributed by atoms with Crippen LogP contribution < -0.4 is 15.4 Å². The van der Waals surface area contributed by atoms with Crippen LogP contribution in [0.1, 0.15) is 39.7 Å². The van der Waals surface area contributed by atoms with E-state index in [0.29, 0.717) is 13.0 Å². The molecule has 0 fully saturated rings. The van der Waals surface area contributed by atoms with Gasteiger partial charge in [-0.3, -0.25) is 0 Å². The molecule has 1 aromatic carbocycles. The Morgan fingerprint density at radius 3 is 2.57 bits per heavy atom. The van der Waals surface area contributed by atoms with E-state index in [1.54, 1.807) is 0 Å². The molecule has 0 aliphatic rings. The molecule has 118 valence electrons. The number of aliphatic hydroxyl groups is 1. The Morgan fingerprint density at radius 1 is 1.33 bits per heavy atom. The summed E-state index contributed by atoms with van der Waals surface area (Å²) in [6.45, 7) is 8.17. The molecule has 21 heavy (non-hydrogen) atoms. The highest BCUT2D eigenvalue weighted by Gasteiger charge is 2.15. The Morgan fingerprint density at radius 2 is 2.00 bits per heavy atom. The predicted octanol–water partition coefficient (Wildman–Crippen LogP) is 2.43. The largest absolute Gasteiger partial charge is 0.488 e. The van der Waals surface area contributed by atoms with Crippen molar-refractivity contribution in [3.63, 3.8) is 0 Å². The minimum Gasteiger partial charge on any atom is -0.488 e. The second-order valence-electron chi connectivity index (χ2n) is 5.94. The number of hydrogen-bond donors (Lipinski definition) is 3. The zero-order valence-electron chi connectivity index (χ0n) is 13.3. The van der Waals surface area contributed by atoms with Gasteiger partial charge in [0, 0.05) is 12.1 Å². The van der Waals surface area contributed by atoms with Crippen LogP contribution in [0.3, 0.4) is 0 Å². The summed E-state index contributed by atoms with van der Waals surface area (Å²) in [5.41, 5.74) is 0.627. The molecule has 0 saturated heterocycles. The summed E-state index contributed by atoms with van der Waals surface area (Å²) >= 11 is 0. The number of urea groups is 1. The van der Waals surface area contributed by atoms with Gasteiger partial charge in [0.2, 0.25) is 0 Å². The molecule has 1 aromatic rings. The Hall–Kier alpha value is -1.75. The van der Waals surface area contributed by atoms with Crippen molar-refractivity contribution in [2.45, 2.75) is 52.3 Å². The molecule has 0 heterocycles. The average molecular weight is 294 g/mol. The van der Waals surface area contributed by atoms with E-state index < -0.39 is 0 Å². The fourth-order valence-electron chi connectivity index (χ4n) is 1.77. The van der Waals surface area contributed by atoms with Crippen molar-refractivity contribution in [3.05, 3.63) is 29.8 Å². The molecule has 0 bridgehead atoms. The van der Waals surface area contributed by atoms with Crippen LogP contribution in [0, 0.1) is 0 Å². The Labute approximate surface area is 126 Å². The van der Waals surface area contributed by atoms with Gasteiger partial charge in [0.05, 0.1) is 12.6 Å². The van der Waals surface area contributed by atoms with Gasteiger partial charge in [-0.15, -0.1) is 0 Å². The summed E-state index contributed by atoms with van der Waals surface area (Å²) in [7, 11) is 0. The molecule has 0 aromatic heterocycles. The molecule has 0 aliphatic carbocycles. The van der Waals surface area contributed by atoms with Crippen LogP contribution in [-0.4, -0.2) is 29.4 Å². The van der Waals surface area contributed by atoms with Crippen LogP contribution in [0.5, 0.6) is 5.75 Å². The molecule has 0 spiro atoms. The van der Waals surface area contributed by atoms with Crippen LogP contribution in [0.2, 0.25) is 0 Å². The molecule has 5 nitrogen and oxygen atoms in total. The van der Waals surface area contributed by atoms with Gasteiger partial charge in [-0.2, -0.15) is 0 Å². The number of carbonyl (C=O) groups is 1. The number of ether oxygens (including phenoxy) is 1. The predicted molar refractivity (Wildman–Crippen MR) is 83.4 cm³/mol. The summed E-state index contributed by atoms with van der Waals surface area (Å²) in [5, 5.41) is 14.6. The maximum atomic E-state index is 11.8. The standard InChI is InChI=1S/C16H26N2O3/c1-5-13(11-19)18-15(20)17-10-12-8-6-7-9-14(12)21-16(2,3)4/h6-9,13,19H,5,10-11H2,1-4H3,(H2,17,18,20). The monoisotopic (exact) mass is 294 g/mol. The van der Waals surface area contributed by atoms with Crippen molar-refractivity contribution in [2.75, 3.05) is 6.61 Å². The first-order chi connectivity index (χ1) is 9.85. The number of hydrogen-bond acceptors (Lipinski definition) is 3. The Balaban J connectivity index is 2.61. The highest BCUT2D eigenvalue weighted by molar-refractivity contribution is 5.74. The molecular formula is C16H26N2O3. The van der Waals surface area contributed by atoms with Crippen LogP contribution in [0.15, 0.2) is 24.3 Å². The zero-order chi connectivity index (χ0) is 15.9. The second-order valence-corrected chi connectivity index (χ2v) is 5.94. The molecular weight excluding hydrogens is 268 g/mol. The molecule has 2 amide bonds. The number of amides is 2. The van der Waals surface area contributed by atoms with Crippen LogP contribution in [-0.2, 0) is 6.54 Å². The SMILES string of the molecule is CCC(CO)NC(=O)NCc1ccccc1OC(C)(C)C. The van der Waals surface area contributed by atoms with E-state index >= 15 is 0 Å². The number of nitrogens with one attached hydrogen (secondary N) is 2. The molecule has 1 atom stereocenters. The van der Waals surface area contributed by atoms with E-state index in [1.807, 2.05) is 52.0 Å². The summed E-state index contributed by atoms with van der Waals surface area (Å²) < 4.78 is 5.88. The van der Waals surface area contributed by atoms with Gasteiger partial charge >= 0.3 is 6.03 Å². The van der Waals surface area contributed by atoms with E-state index in [-0.39, 0.29) is 24.3 Å². The third-order valence-electron chi connectivity index (χ3n) is 2.88. The molecule has 3 N–H and O–H groups in total. The number of aliphatic hydroxyl groups excluding tert-OH is 1. The first kappa shape index (κ1) is 17.3. The van der Waals surface area contributed by atoms with Crippen molar-refractivity contribution in [3.8, 4) is 5.75 Å². The molecule has 1 unspecified atom stereocenters. The normalized spacial score (nSPS) is 12.6. The van der Waals surface area contributed by atoms with Gasteiger partial charge in [-0.25, -0.2) is 4.79 Å². The Kier molecular flexibility index (Phi) is 6.49. The summed E-state index contributed by atoms with van der Waals surface area (Å²) in [4.78, 5) is 11.8. The van der Waals surface area contributed by atoms with Gasteiger partial charge in [0.25, 0.3) is 0 Å².